The Kier molecular flexibility index (Phi) is 3.91. The van der Waals surface area contributed by atoms with Crippen LogP contribution in [0.25, 0.3) is 0 Å². The van der Waals surface area contributed by atoms with E-state index in [2.05, 4.69) is 5.32 Å². The topological polar surface area (TPSA) is 75.4 Å². The van der Waals surface area contributed by atoms with Gasteiger partial charge in [-0.2, -0.15) is 0 Å². The van der Waals surface area contributed by atoms with Crippen LogP contribution >= 0.6 is 0 Å². The lowest BCUT2D eigenvalue weighted by atomic mass is 10.1. The molecule has 1 heterocycles. The highest BCUT2D eigenvalue weighted by atomic mass is 16.2. The van der Waals surface area contributed by atoms with Gasteiger partial charge in [-0.05, 0) is 40.2 Å². The fraction of sp³-hybridized carbons (Fsp3) is 0.818. The van der Waals surface area contributed by atoms with E-state index in [0.29, 0.717) is 0 Å². The Labute approximate surface area is 96.4 Å². The summed E-state index contributed by atoms with van der Waals surface area (Å²) >= 11 is 0. The van der Waals surface area contributed by atoms with Crippen LogP contribution in [0.3, 0.4) is 0 Å². The Balaban J connectivity index is 2.57. The molecule has 0 radical (unpaired) electrons. The zero-order valence-electron chi connectivity index (χ0n) is 10.2. The molecule has 2 amide bonds. The number of nitrogens with one attached hydrogen (secondary N) is 1. The predicted molar refractivity (Wildman–Crippen MR) is 61.7 cm³/mol. The van der Waals surface area contributed by atoms with Gasteiger partial charge in [0, 0.05) is 5.54 Å². The molecule has 92 valence electrons. The Hall–Kier alpha value is -1.10. The van der Waals surface area contributed by atoms with Crippen LogP contribution in [0.2, 0.25) is 0 Å². The summed E-state index contributed by atoms with van der Waals surface area (Å²) in [6.45, 7) is 6.77. The van der Waals surface area contributed by atoms with Gasteiger partial charge in [0.2, 0.25) is 11.8 Å². The lowest BCUT2D eigenvalue weighted by Crippen LogP contribution is -2.51. The van der Waals surface area contributed by atoms with Gasteiger partial charge in [-0.1, -0.05) is 0 Å². The van der Waals surface area contributed by atoms with Crippen LogP contribution in [0, 0.1) is 0 Å². The number of rotatable bonds is 3. The lowest BCUT2D eigenvalue weighted by Gasteiger charge is -2.27. The first kappa shape index (κ1) is 13.0. The monoisotopic (exact) mass is 227 g/mol. The fourth-order valence-corrected chi connectivity index (χ4v) is 1.97. The normalized spacial score (nSPS) is 22.1. The third kappa shape index (κ3) is 3.81. The molecule has 0 aromatic heterocycles. The molecule has 0 aliphatic carbocycles. The van der Waals surface area contributed by atoms with E-state index < -0.39 is 0 Å². The molecule has 1 fully saturated rings. The molecule has 1 aliphatic rings. The fourth-order valence-electron chi connectivity index (χ4n) is 1.97. The number of amides is 2. The number of primary amides is 1. The summed E-state index contributed by atoms with van der Waals surface area (Å²) in [6.07, 6.45) is 1.74. The minimum Gasteiger partial charge on any atom is -0.369 e. The molecule has 0 aromatic carbocycles. The summed E-state index contributed by atoms with van der Waals surface area (Å²) < 4.78 is 0. The molecule has 3 N–H and O–H groups in total. The SMILES string of the molecule is CC(C)(C)NC(=O)[C@@H]1CCCN1CC(N)=O. The first-order valence-electron chi connectivity index (χ1n) is 5.64. The second kappa shape index (κ2) is 4.82. The van der Waals surface area contributed by atoms with Crippen molar-refractivity contribution in [1.82, 2.24) is 10.2 Å². The average Bonchev–Trinajstić information content (AvgIpc) is 2.47. The van der Waals surface area contributed by atoms with Crippen molar-refractivity contribution < 1.29 is 9.59 Å². The zero-order chi connectivity index (χ0) is 12.3. The molecule has 1 atom stereocenters. The highest BCUT2D eigenvalue weighted by molar-refractivity contribution is 5.84. The van der Waals surface area contributed by atoms with Gasteiger partial charge in [0.1, 0.15) is 0 Å². The molecule has 1 saturated heterocycles. The van der Waals surface area contributed by atoms with E-state index in [1.807, 2.05) is 25.7 Å². The van der Waals surface area contributed by atoms with Crippen LogP contribution in [-0.2, 0) is 9.59 Å². The number of carbonyl (C=O) groups excluding carboxylic acids is 2. The maximum absolute atomic E-state index is 11.9. The van der Waals surface area contributed by atoms with E-state index in [-0.39, 0.29) is 29.9 Å². The van der Waals surface area contributed by atoms with Gasteiger partial charge in [-0.3, -0.25) is 14.5 Å². The van der Waals surface area contributed by atoms with Gasteiger partial charge in [0.25, 0.3) is 0 Å². The lowest BCUT2D eigenvalue weighted by molar-refractivity contribution is -0.128. The smallest absolute Gasteiger partial charge is 0.237 e. The molecule has 0 bridgehead atoms. The van der Waals surface area contributed by atoms with Crippen LogP contribution in [-0.4, -0.2) is 41.4 Å². The van der Waals surface area contributed by atoms with Crippen molar-refractivity contribution in [2.24, 2.45) is 5.73 Å². The van der Waals surface area contributed by atoms with Crippen LogP contribution in [0.1, 0.15) is 33.6 Å². The van der Waals surface area contributed by atoms with Crippen molar-refractivity contribution in [3.8, 4) is 0 Å². The molecule has 0 aromatic rings. The van der Waals surface area contributed by atoms with E-state index in [1.54, 1.807) is 0 Å². The molecule has 0 spiro atoms. The second-order valence-corrected chi connectivity index (χ2v) is 5.33. The summed E-state index contributed by atoms with van der Waals surface area (Å²) in [6, 6.07) is -0.202. The van der Waals surface area contributed by atoms with Crippen LogP contribution in [0.5, 0.6) is 0 Å². The van der Waals surface area contributed by atoms with Gasteiger partial charge in [0.15, 0.2) is 0 Å². The zero-order valence-corrected chi connectivity index (χ0v) is 10.2. The van der Waals surface area contributed by atoms with E-state index in [4.69, 9.17) is 5.73 Å². The molecule has 1 rings (SSSR count). The average molecular weight is 227 g/mol. The van der Waals surface area contributed by atoms with Gasteiger partial charge in [-0.15, -0.1) is 0 Å². The van der Waals surface area contributed by atoms with E-state index in [0.717, 1.165) is 19.4 Å². The van der Waals surface area contributed by atoms with Gasteiger partial charge in [-0.25, -0.2) is 0 Å². The van der Waals surface area contributed by atoms with Crippen molar-refractivity contribution >= 4 is 11.8 Å². The minimum atomic E-state index is -0.379. The molecular weight excluding hydrogens is 206 g/mol. The summed E-state index contributed by atoms with van der Waals surface area (Å²) in [4.78, 5) is 24.7. The van der Waals surface area contributed by atoms with Gasteiger partial charge < -0.3 is 11.1 Å². The standard InChI is InChI=1S/C11H21N3O2/c1-11(2,3)13-10(16)8-5-4-6-14(8)7-9(12)15/h8H,4-7H2,1-3H3,(H2,12,15)(H,13,16)/t8-/m0/s1. The van der Waals surface area contributed by atoms with E-state index in [9.17, 15) is 9.59 Å². The first-order chi connectivity index (χ1) is 7.29. The molecule has 5 nitrogen and oxygen atoms in total. The van der Waals surface area contributed by atoms with E-state index >= 15 is 0 Å². The molecule has 1 aliphatic heterocycles. The number of nitrogens with zero attached hydrogens (tertiary/aromatic N) is 1. The Morgan fingerprint density at radius 1 is 1.44 bits per heavy atom. The highest BCUT2D eigenvalue weighted by Crippen LogP contribution is 2.17. The molecule has 5 heteroatoms. The minimum absolute atomic E-state index is 0.00810. The molecule has 0 unspecified atom stereocenters. The molecule has 16 heavy (non-hydrogen) atoms. The number of likely N-dealkylation sites (tertiary alicyclic amines) is 1. The van der Waals surface area contributed by atoms with Crippen LogP contribution < -0.4 is 11.1 Å². The van der Waals surface area contributed by atoms with Crippen molar-refractivity contribution in [1.29, 1.82) is 0 Å². The first-order valence-corrected chi connectivity index (χ1v) is 5.64. The largest absolute Gasteiger partial charge is 0.369 e. The van der Waals surface area contributed by atoms with E-state index in [1.165, 1.54) is 0 Å². The Morgan fingerprint density at radius 3 is 2.56 bits per heavy atom. The van der Waals surface area contributed by atoms with Crippen molar-refractivity contribution in [3.63, 3.8) is 0 Å². The predicted octanol–water partition coefficient (Wildman–Crippen LogP) is -0.149. The quantitative estimate of drug-likeness (QED) is 0.704. The molecular formula is C11H21N3O2. The highest BCUT2D eigenvalue weighted by Gasteiger charge is 2.32. The third-order valence-corrected chi connectivity index (χ3v) is 2.52. The summed E-state index contributed by atoms with van der Waals surface area (Å²) in [5, 5.41) is 2.93. The Morgan fingerprint density at radius 2 is 2.06 bits per heavy atom. The Bertz CT molecular complexity index is 283. The summed E-state index contributed by atoms with van der Waals surface area (Å²) in [5.41, 5.74) is 4.91. The van der Waals surface area contributed by atoms with Crippen molar-refractivity contribution in [2.75, 3.05) is 13.1 Å². The van der Waals surface area contributed by atoms with Crippen molar-refractivity contribution in [2.45, 2.75) is 45.2 Å². The maximum Gasteiger partial charge on any atom is 0.237 e. The van der Waals surface area contributed by atoms with Crippen LogP contribution in [0.15, 0.2) is 0 Å². The maximum atomic E-state index is 11.9. The number of carbonyl (C=O) groups is 2. The number of nitrogens with two attached hydrogens (primary N) is 1. The summed E-state index contributed by atoms with van der Waals surface area (Å²) in [5.74, 6) is -0.387. The number of hydrogen-bond donors (Lipinski definition) is 2. The second-order valence-electron chi connectivity index (χ2n) is 5.33. The van der Waals surface area contributed by atoms with Gasteiger partial charge >= 0.3 is 0 Å². The van der Waals surface area contributed by atoms with Gasteiger partial charge in [0.05, 0.1) is 12.6 Å². The van der Waals surface area contributed by atoms with Crippen molar-refractivity contribution in [3.05, 3.63) is 0 Å². The summed E-state index contributed by atoms with van der Waals surface area (Å²) in [7, 11) is 0. The number of hydrogen-bond acceptors (Lipinski definition) is 3. The third-order valence-electron chi connectivity index (χ3n) is 2.52. The molecule has 0 saturated carbocycles. The van der Waals surface area contributed by atoms with Crippen LogP contribution in [0.4, 0.5) is 0 Å².